The molecule has 116 valence electrons. The van der Waals surface area contributed by atoms with Crippen LogP contribution in [0.1, 0.15) is 22.3 Å². The zero-order chi connectivity index (χ0) is 16.2. The Balaban J connectivity index is 1.91. The van der Waals surface area contributed by atoms with Crippen LogP contribution in [-0.4, -0.2) is 19.1 Å². The lowest BCUT2D eigenvalue weighted by molar-refractivity contribution is 0.0990. The zero-order valence-electron chi connectivity index (χ0n) is 12.5. The lowest BCUT2D eigenvalue weighted by Gasteiger charge is -2.20. The molecule has 0 radical (unpaired) electrons. The highest BCUT2D eigenvalue weighted by Gasteiger charge is 2.24. The molecular formula is C18H15FN2O2. The van der Waals surface area contributed by atoms with Gasteiger partial charge in [0.15, 0.2) is 0 Å². The van der Waals surface area contributed by atoms with E-state index in [4.69, 9.17) is 10.00 Å². The molecule has 2 aromatic rings. The Morgan fingerprint density at radius 3 is 2.74 bits per heavy atom. The van der Waals surface area contributed by atoms with Gasteiger partial charge in [0.05, 0.1) is 18.2 Å². The first-order valence-corrected chi connectivity index (χ1v) is 7.39. The van der Waals surface area contributed by atoms with Crippen LogP contribution in [0.3, 0.4) is 0 Å². The number of anilines is 1. The molecule has 5 heteroatoms. The van der Waals surface area contributed by atoms with Gasteiger partial charge in [-0.05, 0) is 48.4 Å². The molecular weight excluding hydrogens is 295 g/mol. The molecule has 0 aliphatic carbocycles. The van der Waals surface area contributed by atoms with Crippen LogP contribution in [0.2, 0.25) is 0 Å². The van der Waals surface area contributed by atoms with E-state index in [0.717, 1.165) is 5.56 Å². The van der Waals surface area contributed by atoms with Gasteiger partial charge in [0.25, 0.3) is 5.91 Å². The molecule has 3 rings (SSSR count). The van der Waals surface area contributed by atoms with Crippen molar-refractivity contribution in [3.63, 3.8) is 0 Å². The van der Waals surface area contributed by atoms with Gasteiger partial charge in [-0.15, -0.1) is 0 Å². The molecule has 0 unspecified atom stereocenters. The van der Waals surface area contributed by atoms with E-state index < -0.39 is 0 Å². The maximum atomic E-state index is 13.1. The van der Waals surface area contributed by atoms with Crippen LogP contribution >= 0.6 is 0 Å². The van der Waals surface area contributed by atoms with Crippen LogP contribution in [0, 0.1) is 17.1 Å². The SMILES string of the molecule is N#CCCc1ccc2c(c1)OCCN(c1ccc(F)cc1)C2=O. The average Bonchev–Trinajstić information content (AvgIpc) is 2.73. The Kier molecular flexibility index (Phi) is 4.24. The third-order valence-electron chi connectivity index (χ3n) is 3.76. The molecule has 4 nitrogen and oxygen atoms in total. The van der Waals surface area contributed by atoms with Crippen molar-refractivity contribution < 1.29 is 13.9 Å². The van der Waals surface area contributed by atoms with E-state index in [1.807, 2.05) is 12.1 Å². The number of aryl methyl sites for hydroxylation is 1. The van der Waals surface area contributed by atoms with Crippen molar-refractivity contribution in [1.82, 2.24) is 0 Å². The third-order valence-corrected chi connectivity index (χ3v) is 3.76. The minimum Gasteiger partial charge on any atom is -0.491 e. The number of ether oxygens (including phenoxy) is 1. The van der Waals surface area contributed by atoms with E-state index in [1.54, 1.807) is 23.1 Å². The lowest BCUT2D eigenvalue weighted by atomic mass is 10.1. The Bertz CT molecular complexity index is 766. The summed E-state index contributed by atoms with van der Waals surface area (Å²) in [6.45, 7) is 0.754. The molecule has 0 aromatic heterocycles. The maximum Gasteiger partial charge on any atom is 0.262 e. The predicted octanol–water partition coefficient (Wildman–Crippen LogP) is 3.32. The van der Waals surface area contributed by atoms with Gasteiger partial charge in [0.1, 0.15) is 18.2 Å². The van der Waals surface area contributed by atoms with E-state index in [9.17, 15) is 9.18 Å². The third kappa shape index (κ3) is 3.16. The minimum absolute atomic E-state index is 0.170. The second kappa shape index (κ2) is 6.49. The number of fused-ring (bicyclic) bond motifs is 1. The highest BCUT2D eigenvalue weighted by molar-refractivity contribution is 6.08. The van der Waals surface area contributed by atoms with Crippen LogP contribution in [0.4, 0.5) is 10.1 Å². The molecule has 1 aliphatic rings. The molecule has 1 aliphatic heterocycles. The number of nitriles is 1. The molecule has 0 fully saturated rings. The van der Waals surface area contributed by atoms with E-state index in [-0.39, 0.29) is 11.7 Å². The minimum atomic E-state index is -0.338. The normalized spacial score (nSPS) is 13.7. The summed E-state index contributed by atoms with van der Waals surface area (Å²) < 4.78 is 18.8. The van der Waals surface area contributed by atoms with Crippen molar-refractivity contribution in [2.75, 3.05) is 18.1 Å². The summed E-state index contributed by atoms with van der Waals surface area (Å²) in [5.74, 6) is 0.0285. The van der Waals surface area contributed by atoms with Crippen LogP contribution in [0.25, 0.3) is 0 Å². The Labute approximate surface area is 133 Å². The second-order valence-corrected chi connectivity index (χ2v) is 5.27. The monoisotopic (exact) mass is 310 g/mol. The molecule has 0 saturated carbocycles. The fourth-order valence-electron chi connectivity index (χ4n) is 2.58. The summed E-state index contributed by atoms with van der Waals surface area (Å²) >= 11 is 0. The number of hydrogen-bond acceptors (Lipinski definition) is 3. The van der Waals surface area contributed by atoms with E-state index in [0.29, 0.717) is 43.0 Å². The van der Waals surface area contributed by atoms with Gasteiger partial charge in [-0.3, -0.25) is 4.79 Å². The molecule has 2 aromatic carbocycles. The summed E-state index contributed by atoms with van der Waals surface area (Å²) in [6.07, 6.45) is 1.05. The van der Waals surface area contributed by atoms with Gasteiger partial charge in [-0.1, -0.05) is 6.07 Å². The van der Waals surface area contributed by atoms with E-state index in [2.05, 4.69) is 6.07 Å². The fourth-order valence-corrected chi connectivity index (χ4v) is 2.58. The number of benzene rings is 2. The summed E-state index contributed by atoms with van der Waals surface area (Å²) in [7, 11) is 0. The summed E-state index contributed by atoms with van der Waals surface area (Å²) in [4.78, 5) is 14.3. The van der Waals surface area contributed by atoms with Crippen LogP contribution in [0.15, 0.2) is 42.5 Å². The number of carbonyl (C=O) groups excluding carboxylic acids is 1. The van der Waals surface area contributed by atoms with Crippen molar-refractivity contribution >= 4 is 11.6 Å². The van der Waals surface area contributed by atoms with Gasteiger partial charge < -0.3 is 9.64 Å². The first-order chi connectivity index (χ1) is 11.2. The van der Waals surface area contributed by atoms with Crippen LogP contribution in [0.5, 0.6) is 5.75 Å². The fraction of sp³-hybridized carbons (Fsp3) is 0.222. The topological polar surface area (TPSA) is 53.3 Å². The molecule has 23 heavy (non-hydrogen) atoms. The van der Waals surface area contributed by atoms with Crippen molar-refractivity contribution in [3.8, 4) is 11.8 Å². The highest BCUT2D eigenvalue weighted by atomic mass is 19.1. The van der Waals surface area contributed by atoms with Crippen LogP contribution < -0.4 is 9.64 Å². The van der Waals surface area contributed by atoms with Gasteiger partial charge >= 0.3 is 0 Å². The number of amides is 1. The van der Waals surface area contributed by atoms with Gasteiger partial charge in [0, 0.05) is 12.1 Å². The molecule has 0 spiro atoms. The zero-order valence-corrected chi connectivity index (χ0v) is 12.5. The summed E-state index contributed by atoms with van der Waals surface area (Å²) in [5.41, 5.74) is 2.09. The van der Waals surface area contributed by atoms with Crippen LogP contribution in [-0.2, 0) is 6.42 Å². The number of rotatable bonds is 3. The quantitative estimate of drug-likeness (QED) is 0.874. The van der Waals surface area contributed by atoms with E-state index >= 15 is 0 Å². The Morgan fingerprint density at radius 1 is 1.22 bits per heavy atom. The Morgan fingerprint density at radius 2 is 2.00 bits per heavy atom. The van der Waals surface area contributed by atoms with Crippen molar-refractivity contribution in [1.29, 1.82) is 5.26 Å². The molecule has 1 heterocycles. The van der Waals surface area contributed by atoms with Gasteiger partial charge in [-0.25, -0.2) is 4.39 Å². The molecule has 0 N–H and O–H groups in total. The largest absolute Gasteiger partial charge is 0.491 e. The average molecular weight is 310 g/mol. The smallest absolute Gasteiger partial charge is 0.262 e. The molecule has 1 amide bonds. The first kappa shape index (κ1) is 15.0. The number of halogens is 1. The lowest BCUT2D eigenvalue weighted by Crippen LogP contribution is -2.32. The molecule has 0 bridgehead atoms. The summed E-state index contributed by atoms with van der Waals surface area (Å²) in [6, 6.07) is 13.3. The standard InChI is InChI=1S/C18H15FN2O2/c19-14-4-6-15(7-5-14)21-10-11-23-17-12-13(2-1-9-20)3-8-16(17)18(21)22/h3-8,12H,1-2,10-11H2. The highest BCUT2D eigenvalue weighted by Crippen LogP contribution is 2.28. The molecule has 0 atom stereocenters. The van der Waals surface area contributed by atoms with Gasteiger partial charge in [-0.2, -0.15) is 5.26 Å². The van der Waals surface area contributed by atoms with E-state index in [1.165, 1.54) is 12.1 Å². The first-order valence-electron chi connectivity index (χ1n) is 7.39. The second-order valence-electron chi connectivity index (χ2n) is 5.27. The number of carbonyl (C=O) groups is 1. The predicted molar refractivity (Wildman–Crippen MR) is 83.9 cm³/mol. The van der Waals surface area contributed by atoms with Crippen molar-refractivity contribution in [3.05, 3.63) is 59.4 Å². The van der Waals surface area contributed by atoms with Crippen molar-refractivity contribution in [2.24, 2.45) is 0 Å². The number of nitrogens with zero attached hydrogens (tertiary/aromatic N) is 2. The van der Waals surface area contributed by atoms with Gasteiger partial charge in [0.2, 0.25) is 0 Å². The number of hydrogen-bond donors (Lipinski definition) is 0. The maximum absolute atomic E-state index is 13.1. The molecule has 0 saturated heterocycles. The summed E-state index contributed by atoms with van der Waals surface area (Å²) in [5, 5.41) is 8.66. The Hall–Kier alpha value is -2.87. The van der Waals surface area contributed by atoms with Crippen molar-refractivity contribution in [2.45, 2.75) is 12.8 Å².